The Balaban J connectivity index is 1.42. The summed E-state index contributed by atoms with van der Waals surface area (Å²) in [4.78, 5) is 16.9. The van der Waals surface area contributed by atoms with Crippen molar-refractivity contribution >= 4 is 34.8 Å². The van der Waals surface area contributed by atoms with E-state index in [1.54, 1.807) is 6.07 Å². The number of rotatable bonds is 3. The minimum Gasteiger partial charge on any atom is -0.368 e. The van der Waals surface area contributed by atoms with E-state index in [1.165, 1.54) is 0 Å². The van der Waals surface area contributed by atoms with Gasteiger partial charge >= 0.3 is 0 Å². The van der Waals surface area contributed by atoms with Gasteiger partial charge in [0.1, 0.15) is 5.69 Å². The van der Waals surface area contributed by atoms with Gasteiger partial charge in [0.25, 0.3) is 5.91 Å². The smallest absolute Gasteiger partial charge is 0.272 e. The number of halogens is 2. The molecule has 7 heteroatoms. The van der Waals surface area contributed by atoms with Crippen LogP contribution in [-0.4, -0.2) is 47.2 Å². The highest BCUT2D eigenvalue weighted by atomic mass is 35.5. The topological polar surface area (TPSA) is 52.2 Å². The average Bonchev–Trinajstić information content (AvgIpc) is 3.18. The maximum Gasteiger partial charge on any atom is 0.272 e. The first-order valence-electron chi connectivity index (χ1n) is 8.71. The lowest BCUT2D eigenvalue weighted by Gasteiger charge is -2.36. The number of carbonyl (C=O) groups is 1. The molecular formula is C20H18Cl2N4O. The van der Waals surface area contributed by atoms with Crippen LogP contribution < -0.4 is 4.90 Å². The van der Waals surface area contributed by atoms with Crippen molar-refractivity contribution in [3.8, 4) is 11.3 Å². The van der Waals surface area contributed by atoms with E-state index in [2.05, 4.69) is 15.1 Å². The monoisotopic (exact) mass is 400 g/mol. The van der Waals surface area contributed by atoms with Gasteiger partial charge in [-0.15, -0.1) is 0 Å². The van der Waals surface area contributed by atoms with Crippen LogP contribution in [0.3, 0.4) is 0 Å². The maximum atomic E-state index is 12.8. The molecule has 1 aliphatic heterocycles. The zero-order chi connectivity index (χ0) is 18.8. The first kappa shape index (κ1) is 17.9. The molecule has 0 saturated carbocycles. The molecule has 2 heterocycles. The first-order chi connectivity index (χ1) is 13.1. The highest BCUT2D eigenvalue weighted by Gasteiger charge is 2.24. The van der Waals surface area contributed by atoms with Crippen LogP contribution in [0.2, 0.25) is 10.0 Å². The van der Waals surface area contributed by atoms with Crippen molar-refractivity contribution in [2.24, 2.45) is 0 Å². The van der Waals surface area contributed by atoms with Crippen LogP contribution in [-0.2, 0) is 0 Å². The van der Waals surface area contributed by atoms with Crippen LogP contribution in [0.5, 0.6) is 0 Å². The molecule has 0 radical (unpaired) electrons. The SMILES string of the molecule is O=C(c1cc(-c2cccc(Cl)c2)n[nH]1)N1CCN(c2cccc(Cl)c2)CC1. The molecular weight excluding hydrogens is 383 g/mol. The molecule has 1 aromatic heterocycles. The molecule has 1 amide bonds. The molecule has 3 aromatic rings. The van der Waals surface area contributed by atoms with Crippen LogP contribution in [0.25, 0.3) is 11.3 Å². The van der Waals surface area contributed by atoms with Crippen molar-refractivity contribution in [2.75, 3.05) is 31.1 Å². The van der Waals surface area contributed by atoms with E-state index >= 15 is 0 Å². The fourth-order valence-electron chi connectivity index (χ4n) is 3.24. The standard InChI is InChI=1S/C20H18Cl2N4O/c21-15-4-1-3-14(11-15)18-13-19(24-23-18)20(27)26-9-7-25(8-10-26)17-6-2-5-16(22)12-17/h1-6,11-13H,7-10H2,(H,23,24). The zero-order valence-electron chi connectivity index (χ0n) is 14.5. The summed E-state index contributed by atoms with van der Waals surface area (Å²) in [5.74, 6) is -0.0403. The normalized spacial score (nSPS) is 14.4. The fourth-order valence-corrected chi connectivity index (χ4v) is 3.61. The van der Waals surface area contributed by atoms with E-state index in [0.29, 0.717) is 29.5 Å². The molecule has 0 bridgehead atoms. The molecule has 1 N–H and O–H groups in total. The largest absolute Gasteiger partial charge is 0.368 e. The second kappa shape index (κ2) is 7.62. The van der Waals surface area contributed by atoms with Crippen molar-refractivity contribution in [2.45, 2.75) is 0 Å². The van der Waals surface area contributed by atoms with Gasteiger partial charge < -0.3 is 9.80 Å². The second-order valence-electron chi connectivity index (χ2n) is 6.44. The number of nitrogens with one attached hydrogen (secondary N) is 1. The number of anilines is 1. The lowest BCUT2D eigenvalue weighted by atomic mass is 10.1. The average molecular weight is 401 g/mol. The molecule has 0 unspecified atom stereocenters. The van der Waals surface area contributed by atoms with Crippen LogP contribution in [0.1, 0.15) is 10.5 Å². The van der Waals surface area contributed by atoms with Gasteiger partial charge in [-0.05, 0) is 36.4 Å². The fraction of sp³-hybridized carbons (Fsp3) is 0.200. The lowest BCUT2D eigenvalue weighted by molar-refractivity contribution is 0.0741. The van der Waals surface area contributed by atoms with Crippen LogP contribution in [0.4, 0.5) is 5.69 Å². The Morgan fingerprint density at radius 1 is 0.926 bits per heavy atom. The Labute approximate surface area is 167 Å². The molecule has 0 spiro atoms. The van der Waals surface area contributed by atoms with Crippen molar-refractivity contribution < 1.29 is 4.79 Å². The first-order valence-corrected chi connectivity index (χ1v) is 9.47. The van der Waals surface area contributed by atoms with Crippen LogP contribution in [0.15, 0.2) is 54.6 Å². The molecule has 4 rings (SSSR count). The van der Waals surface area contributed by atoms with E-state index in [9.17, 15) is 4.79 Å². The van der Waals surface area contributed by atoms with Crippen LogP contribution in [0, 0.1) is 0 Å². The summed E-state index contributed by atoms with van der Waals surface area (Å²) in [5, 5.41) is 8.47. The van der Waals surface area contributed by atoms with Gasteiger partial charge in [0.2, 0.25) is 0 Å². The van der Waals surface area contributed by atoms with Gasteiger partial charge in [0.05, 0.1) is 5.69 Å². The molecule has 27 heavy (non-hydrogen) atoms. The Hall–Kier alpha value is -2.50. The molecule has 138 valence electrons. The number of benzene rings is 2. The Morgan fingerprint density at radius 2 is 1.63 bits per heavy atom. The number of piperazine rings is 1. The molecule has 1 saturated heterocycles. The number of amides is 1. The summed E-state index contributed by atoms with van der Waals surface area (Å²) in [6.45, 7) is 2.83. The number of hydrogen-bond acceptors (Lipinski definition) is 3. The number of hydrogen-bond donors (Lipinski definition) is 1. The summed E-state index contributed by atoms with van der Waals surface area (Å²) >= 11 is 12.1. The number of H-pyrrole nitrogens is 1. The highest BCUT2D eigenvalue weighted by Crippen LogP contribution is 2.23. The van der Waals surface area contributed by atoms with E-state index in [-0.39, 0.29) is 5.91 Å². The zero-order valence-corrected chi connectivity index (χ0v) is 16.0. The quantitative estimate of drug-likeness (QED) is 0.710. The lowest BCUT2D eigenvalue weighted by Crippen LogP contribution is -2.48. The van der Waals surface area contributed by atoms with Gasteiger partial charge in [-0.1, -0.05) is 41.4 Å². The minimum atomic E-state index is -0.0403. The van der Waals surface area contributed by atoms with Crippen molar-refractivity contribution in [1.29, 1.82) is 0 Å². The third kappa shape index (κ3) is 3.94. The van der Waals surface area contributed by atoms with Crippen molar-refractivity contribution in [3.63, 3.8) is 0 Å². The summed E-state index contributed by atoms with van der Waals surface area (Å²) in [5.41, 5.74) is 3.16. The van der Waals surface area contributed by atoms with E-state index in [4.69, 9.17) is 23.2 Å². The van der Waals surface area contributed by atoms with E-state index in [1.807, 2.05) is 53.4 Å². The minimum absolute atomic E-state index is 0.0403. The summed E-state index contributed by atoms with van der Waals surface area (Å²) < 4.78 is 0. The Morgan fingerprint density at radius 3 is 2.33 bits per heavy atom. The van der Waals surface area contributed by atoms with Gasteiger partial charge in [-0.3, -0.25) is 9.89 Å². The summed E-state index contributed by atoms with van der Waals surface area (Å²) in [6, 6.07) is 17.0. The molecule has 5 nitrogen and oxygen atoms in total. The predicted molar refractivity (Wildman–Crippen MR) is 109 cm³/mol. The predicted octanol–water partition coefficient (Wildman–Crippen LogP) is 4.35. The molecule has 0 atom stereocenters. The number of aromatic nitrogens is 2. The summed E-state index contributed by atoms with van der Waals surface area (Å²) in [7, 11) is 0. The third-order valence-electron chi connectivity index (χ3n) is 4.67. The third-order valence-corrected chi connectivity index (χ3v) is 5.14. The van der Waals surface area contributed by atoms with Gasteiger partial charge in [-0.2, -0.15) is 5.10 Å². The van der Waals surface area contributed by atoms with Gasteiger partial charge in [0, 0.05) is 47.5 Å². The van der Waals surface area contributed by atoms with Crippen LogP contribution >= 0.6 is 23.2 Å². The van der Waals surface area contributed by atoms with Crippen molar-refractivity contribution in [1.82, 2.24) is 15.1 Å². The number of aromatic amines is 1. The number of carbonyl (C=O) groups excluding carboxylic acids is 1. The van der Waals surface area contributed by atoms with E-state index in [0.717, 1.165) is 29.4 Å². The summed E-state index contributed by atoms with van der Waals surface area (Å²) in [6.07, 6.45) is 0. The highest BCUT2D eigenvalue weighted by molar-refractivity contribution is 6.31. The van der Waals surface area contributed by atoms with E-state index < -0.39 is 0 Å². The molecule has 1 aliphatic rings. The number of nitrogens with zero attached hydrogens (tertiary/aromatic N) is 3. The Kier molecular flexibility index (Phi) is 5.05. The second-order valence-corrected chi connectivity index (χ2v) is 7.31. The van der Waals surface area contributed by atoms with Gasteiger partial charge in [-0.25, -0.2) is 0 Å². The molecule has 0 aliphatic carbocycles. The molecule has 1 fully saturated rings. The maximum absolute atomic E-state index is 12.8. The van der Waals surface area contributed by atoms with Gasteiger partial charge in [0.15, 0.2) is 0 Å². The molecule has 2 aromatic carbocycles. The van der Waals surface area contributed by atoms with Crippen molar-refractivity contribution in [3.05, 3.63) is 70.3 Å². The Bertz CT molecular complexity index is 964.